The SMILES string of the molecule is COC(=O)c1cc(C(=O)c2ccc(N(C)c3ccc(Cl)cc3)cn2)ccc1C(=O)c1cccc(C(Cl)Cl)c1. The van der Waals surface area contributed by atoms with E-state index >= 15 is 0 Å². The topological polar surface area (TPSA) is 76.6 Å². The number of esters is 1. The van der Waals surface area contributed by atoms with Crippen molar-refractivity contribution >= 4 is 63.7 Å². The molecule has 4 aromatic rings. The lowest BCUT2D eigenvalue weighted by molar-refractivity contribution is 0.0597. The number of aromatic nitrogens is 1. The fourth-order valence-corrected chi connectivity index (χ4v) is 4.21. The van der Waals surface area contributed by atoms with Gasteiger partial charge in [-0.25, -0.2) is 4.79 Å². The Hall–Kier alpha value is -3.71. The van der Waals surface area contributed by atoms with Gasteiger partial charge in [-0.2, -0.15) is 0 Å². The van der Waals surface area contributed by atoms with Crippen LogP contribution in [-0.4, -0.2) is 36.7 Å². The third-order valence-corrected chi connectivity index (χ3v) is 6.67. The molecule has 6 nitrogen and oxygen atoms in total. The highest BCUT2D eigenvalue weighted by molar-refractivity contribution is 6.44. The first-order valence-electron chi connectivity index (χ1n) is 11.3. The molecule has 0 bridgehead atoms. The number of ether oxygens (including phenoxy) is 1. The number of anilines is 2. The summed E-state index contributed by atoms with van der Waals surface area (Å²) in [6, 6.07) is 21.4. The Morgan fingerprint density at radius 1 is 0.816 bits per heavy atom. The van der Waals surface area contributed by atoms with E-state index in [9.17, 15) is 14.4 Å². The van der Waals surface area contributed by atoms with Crippen LogP contribution >= 0.6 is 34.8 Å². The van der Waals surface area contributed by atoms with Crippen molar-refractivity contribution in [1.82, 2.24) is 4.98 Å². The van der Waals surface area contributed by atoms with Gasteiger partial charge in [0.05, 0.1) is 24.6 Å². The summed E-state index contributed by atoms with van der Waals surface area (Å²) in [4.78, 5) is 44.4. The molecule has 0 spiro atoms. The van der Waals surface area contributed by atoms with Crippen LogP contribution in [0.3, 0.4) is 0 Å². The number of hydrogen-bond donors (Lipinski definition) is 0. The second kappa shape index (κ2) is 11.8. The van der Waals surface area contributed by atoms with Gasteiger partial charge < -0.3 is 9.64 Å². The number of alkyl halides is 2. The summed E-state index contributed by atoms with van der Waals surface area (Å²) >= 11 is 17.8. The fourth-order valence-electron chi connectivity index (χ4n) is 3.81. The van der Waals surface area contributed by atoms with E-state index in [2.05, 4.69) is 4.98 Å². The second-order valence-corrected chi connectivity index (χ2v) is 9.81. The number of carbonyl (C=O) groups is 3. The number of rotatable bonds is 8. The maximum atomic E-state index is 13.2. The highest BCUT2D eigenvalue weighted by Crippen LogP contribution is 2.28. The minimum Gasteiger partial charge on any atom is -0.465 e. The molecule has 0 amide bonds. The number of methoxy groups -OCH3 is 1. The van der Waals surface area contributed by atoms with Crippen LogP contribution in [0.25, 0.3) is 0 Å². The minimum absolute atomic E-state index is 0.0406. The Morgan fingerprint density at radius 3 is 2.13 bits per heavy atom. The quantitative estimate of drug-likeness (QED) is 0.127. The number of hydrogen-bond acceptors (Lipinski definition) is 6. The molecule has 0 atom stereocenters. The van der Waals surface area contributed by atoms with Gasteiger partial charge in [0.1, 0.15) is 10.5 Å². The first-order valence-corrected chi connectivity index (χ1v) is 12.6. The highest BCUT2D eigenvalue weighted by Gasteiger charge is 2.23. The molecular weight excluding hydrogens is 547 g/mol. The van der Waals surface area contributed by atoms with Crippen molar-refractivity contribution in [2.75, 3.05) is 19.1 Å². The molecule has 1 aromatic heterocycles. The van der Waals surface area contributed by atoms with Gasteiger partial charge in [-0.1, -0.05) is 35.9 Å². The Kier molecular flexibility index (Phi) is 8.47. The number of ketones is 2. The zero-order valence-electron chi connectivity index (χ0n) is 20.3. The number of benzene rings is 3. The molecule has 0 radical (unpaired) electrons. The molecule has 0 aliphatic heterocycles. The lowest BCUT2D eigenvalue weighted by atomic mass is 9.94. The molecule has 0 aliphatic carbocycles. The second-order valence-electron chi connectivity index (χ2n) is 8.27. The summed E-state index contributed by atoms with van der Waals surface area (Å²) in [5.41, 5.74) is 2.90. The Labute approximate surface area is 234 Å². The van der Waals surface area contributed by atoms with Crippen LogP contribution in [-0.2, 0) is 4.74 Å². The van der Waals surface area contributed by atoms with Crippen LogP contribution in [0.4, 0.5) is 11.4 Å². The molecule has 0 fully saturated rings. The summed E-state index contributed by atoms with van der Waals surface area (Å²) in [6.45, 7) is 0. The van der Waals surface area contributed by atoms with E-state index in [1.54, 1.807) is 54.7 Å². The summed E-state index contributed by atoms with van der Waals surface area (Å²) in [6.07, 6.45) is 1.58. The first kappa shape index (κ1) is 27.3. The van der Waals surface area contributed by atoms with Crippen LogP contribution in [0.15, 0.2) is 85.1 Å². The van der Waals surface area contributed by atoms with Crippen molar-refractivity contribution in [2.24, 2.45) is 0 Å². The highest BCUT2D eigenvalue weighted by atomic mass is 35.5. The zero-order chi connectivity index (χ0) is 27.4. The van der Waals surface area contributed by atoms with Gasteiger partial charge in [0.15, 0.2) is 5.78 Å². The van der Waals surface area contributed by atoms with Crippen molar-refractivity contribution in [3.8, 4) is 0 Å². The van der Waals surface area contributed by atoms with Gasteiger partial charge in [0.2, 0.25) is 5.78 Å². The van der Waals surface area contributed by atoms with E-state index < -0.39 is 22.4 Å². The van der Waals surface area contributed by atoms with Gasteiger partial charge in [-0.3, -0.25) is 14.6 Å². The van der Waals surface area contributed by atoms with E-state index in [1.165, 1.54) is 25.3 Å². The molecule has 3 aromatic carbocycles. The number of halogens is 3. The van der Waals surface area contributed by atoms with Gasteiger partial charge in [0, 0.05) is 34.4 Å². The zero-order valence-corrected chi connectivity index (χ0v) is 22.6. The predicted molar refractivity (Wildman–Crippen MR) is 149 cm³/mol. The van der Waals surface area contributed by atoms with Crippen LogP contribution < -0.4 is 4.90 Å². The molecule has 0 saturated carbocycles. The molecular formula is C29H21Cl3N2O4. The summed E-state index contributed by atoms with van der Waals surface area (Å²) in [5.74, 6) is -1.60. The average Bonchev–Trinajstić information content (AvgIpc) is 2.95. The van der Waals surface area contributed by atoms with Gasteiger partial charge in [-0.15, -0.1) is 23.2 Å². The summed E-state index contributed by atoms with van der Waals surface area (Å²) in [7, 11) is 3.07. The van der Waals surface area contributed by atoms with E-state index in [4.69, 9.17) is 39.5 Å². The maximum Gasteiger partial charge on any atom is 0.338 e. The molecule has 0 aliphatic rings. The third-order valence-electron chi connectivity index (χ3n) is 5.91. The van der Waals surface area contributed by atoms with Crippen molar-refractivity contribution < 1.29 is 19.1 Å². The van der Waals surface area contributed by atoms with Crippen molar-refractivity contribution in [1.29, 1.82) is 0 Å². The van der Waals surface area contributed by atoms with Gasteiger partial charge >= 0.3 is 5.97 Å². The fraction of sp³-hybridized carbons (Fsp3) is 0.103. The Balaban J connectivity index is 1.63. The van der Waals surface area contributed by atoms with Crippen LogP contribution in [0, 0.1) is 0 Å². The third kappa shape index (κ3) is 5.89. The summed E-state index contributed by atoms with van der Waals surface area (Å²) < 4.78 is 4.88. The van der Waals surface area contributed by atoms with E-state index in [0.29, 0.717) is 16.1 Å². The monoisotopic (exact) mass is 566 g/mol. The smallest absolute Gasteiger partial charge is 0.338 e. The number of pyridine rings is 1. The van der Waals surface area contributed by atoms with Crippen molar-refractivity contribution in [2.45, 2.75) is 4.84 Å². The average molecular weight is 568 g/mol. The molecule has 0 saturated heterocycles. The molecule has 4 rings (SSSR count). The molecule has 38 heavy (non-hydrogen) atoms. The Bertz CT molecular complexity index is 1500. The Morgan fingerprint density at radius 2 is 1.50 bits per heavy atom. The van der Waals surface area contributed by atoms with Gasteiger partial charge in [0.25, 0.3) is 0 Å². The lowest BCUT2D eigenvalue weighted by Gasteiger charge is -2.19. The maximum absolute atomic E-state index is 13.2. The van der Waals surface area contributed by atoms with E-state index in [-0.39, 0.29) is 22.4 Å². The summed E-state index contributed by atoms with van der Waals surface area (Å²) in [5, 5.41) is 0.632. The number of carbonyl (C=O) groups excluding carboxylic acids is 3. The van der Waals surface area contributed by atoms with E-state index in [0.717, 1.165) is 11.4 Å². The molecule has 0 unspecified atom stereocenters. The standard InChI is InChI=1S/C29H21Cl3N2O4/c1-34(21-9-7-20(30)8-10-21)22-11-13-25(33-16-22)27(36)18-6-12-23(24(15-18)29(37)38-2)26(35)17-4-3-5-19(14-17)28(31)32/h3-16,28H,1-2H3. The molecule has 0 N–H and O–H groups in total. The van der Waals surface area contributed by atoms with E-state index in [1.807, 2.05) is 24.1 Å². The van der Waals surface area contributed by atoms with Gasteiger partial charge in [-0.05, 0) is 60.2 Å². The van der Waals surface area contributed by atoms with Crippen LogP contribution in [0.1, 0.15) is 52.7 Å². The minimum atomic E-state index is -0.812. The largest absolute Gasteiger partial charge is 0.465 e. The normalized spacial score (nSPS) is 10.8. The lowest BCUT2D eigenvalue weighted by Crippen LogP contribution is -2.14. The number of nitrogens with zero attached hydrogens (tertiary/aromatic N) is 2. The predicted octanol–water partition coefficient (Wildman–Crippen LogP) is 7.23. The molecule has 1 heterocycles. The van der Waals surface area contributed by atoms with Crippen molar-refractivity contribution in [3.63, 3.8) is 0 Å². The van der Waals surface area contributed by atoms with Crippen LogP contribution in [0.2, 0.25) is 5.02 Å². The first-order chi connectivity index (χ1) is 18.2. The van der Waals surface area contributed by atoms with Crippen molar-refractivity contribution in [3.05, 3.63) is 124 Å². The molecule has 192 valence electrons. The molecule has 9 heteroatoms. The van der Waals surface area contributed by atoms with Crippen LogP contribution in [0.5, 0.6) is 0 Å².